The van der Waals surface area contributed by atoms with Gasteiger partial charge in [-0.05, 0) is 67.3 Å². The van der Waals surface area contributed by atoms with Crippen LogP contribution in [0.4, 0.5) is 0 Å². The molecule has 0 saturated carbocycles. The van der Waals surface area contributed by atoms with E-state index < -0.39 is 0 Å². The number of hydrogen-bond acceptors (Lipinski definition) is 7. The molecule has 1 N–H and O–H groups in total. The van der Waals surface area contributed by atoms with E-state index in [9.17, 15) is 4.79 Å². The van der Waals surface area contributed by atoms with Gasteiger partial charge in [0.15, 0.2) is 11.0 Å². The minimum atomic E-state index is -0.213. The molecule has 4 aromatic rings. The Balaban J connectivity index is 1.54. The van der Waals surface area contributed by atoms with Gasteiger partial charge in [0.2, 0.25) is 0 Å². The number of methoxy groups -OCH3 is 1. The maximum Gasteiger partial charge on any atom is 0.250 e. The number of aromatic nitrogens is 3. The molecule has 7 nitrogen and oxygen atoms in total. The number of carbonyl (C=O) groups is 1. The topological polar surface area (TPSA) is 81.4 Å². The molecule has 0 aliphatic carbocycles. The van der Waals surface area contributed by atoms with Gasteiger partial charge in [0.05, 0.1) is 19.1 Å². The van der Waals surface area contributed by atoms with Crippen LogP contribution in [0.25, 0.3) is 17.1 Å². The third kappa shape index (κ3) is 5.50. The zero-order valence-corrected chi connectivity index (χ0v) is 20.1. The number of ether oxygens (including phenoxy) is 1. The van der Waals surface area contributed by atoms with Crippen molar-refractivity contribution in [3.63, 3.8) is 0 Å². The highest BCUT2D eigenvalue weighted by molar-refractivity contribution is 7.99. The van der Waals surface area contributed by atoms with Crippen LogP contribution >= 0.6 is 23.1 Å². The molecule has 168 valence electrons. The van der Waals surface area contributed by atoms with Gasteiger partial charge in [-0.25, -0.2) is 5.43 Å². The first kappa shape index (κ1) is 22.8. The van der Waals surface area contributed by atoms with Gasteiger partial charge < -0.3 is 4.74 Å². The minimum absolute atomic E-state index is 0.160. The van der Waals surface area contributed by atoms with Crippen LogP contribution in [0.5, 0.6) is 5.75 Å². The van der Waals surface area contributed by atoms with Crippen molar-refractivity contribution in [3.05, 3.63) is 76.0 Å². The molecule has 0 aliphatic rings. The van der Waals surface area contributed by atoms with E-state index in [2.05, 4.69) is 20.7 Å². The van der Waals surface area contributed by atoms with Crippen molar-refractivity contribution < 1.29 is 9.53 Å². The summed E-state index contributed by atoms with van der Waals surface area (Å²) >= 11 is 2.89. The molecule has 0 fully saturated rings. The molecule has 9 heteroatoms. The fraction of sp³-hybridized carbons (Fsp3) is 0.167. The average Bonchev–Trinajstić information content (AvgIpc) is 3.44. The van der Waals surface area contributed by atoms with Crippen molar-refractivity contribution in [2.75, 3.05) is 12.9 Å². The van der Waals surface area contributed by atoms with Crippen LogP contribution in [-0.2, 0) is 4.79 Å². The lowest BCUT2D eigenvalue weighted by Gasteiger charge is -2.11. The Morgan fingerprint density at radius 2 is 1.88 bits per heavy atom. The van der Waals surface area contributed by atoms with Crippen LogP contribution in [0.2, 0.25) is 0 Å². The van der Waals surface area contributed by atoms with E-state index in [-0.39, 0.29) is 11.7 Å². The van der Waals surface area contributed by atoms with Gasteiger partial charge in [-0.15, -0.1) is 21.5 Å². The van der Waals surface area contributed by atoms with Crippen molar-refractivity contribution in [3.8, 4) is 22.8 Å². The van der Waals surface area contributed by atoms with Gasteiger partial charge >= 0.3 is 0 Å². The molecule has 2 aromatic carbocycles. The molecule has 0 aliphatic heterocycles. The Hall–Kier alpha value is -3.43. The molecule has 0 unspecified atom stereocenters. The van der Waals surface area contributed by atoms with E-state index in [1.54, 1.807) is 24.7 Å². The van der Waals surface area contributed by atoms with Gasteiger partial charge in [0, 0.05) is 16.1 Å². The van der Waals surface area contributed by atoms with Crippen molar-refractivity contribution >= 4 is 35.2 Å². The van der Waals surface area contributed by atoms with Crippen LogP contribution in [0.1, 0.15) is 16.0 Å². The molecule has 0 bridgehead atoms. The number of rotatable bonds is 8. The lowest BCUT2D eigenvalue weighted by atomic mass is 10.2. The van der Waals surface area contributed by atoms with Gasteiger partial charge in [0.25, 0.3) is 5.91 Å². The highest BCUT2D eigenvalue weighted by atomic mass is 32.2. The van der Waals surface area contributed by atoms with E-state index in [1.807, 2.05) is 78.4 Å². The summed E-state index contributed by atoms with van der Waals surface area (Å²) < 4.78 is 7.22. The lowest BCUT2D eigenvalue weighted by molar-refractivity contribution is -0.118. The Morgan fingerprint density at radius 3 is 2.55 bits per heavy atom. The monoisotopic (exact) mass is 477 g/mol. The zero-order chi connectivity index (χ0) is 23.2. The summed E-state index contributed by atoms with van der Waals surface area (Å²) in [6.45, 7) is 4.05. The highest BCUT2D eigenvalue weighted by Crippen LogP contribution is 2.29. The molecule has 0 atom stereocenters. The second-order valence-electron chi connectivity index (χ2n) is 7.26. The molecule has 2 aromatic heterocycles. The number of hydrazone groups is 1. The van der Waals surface area contributed by atoms with E-state index in [0.717, 1.165) is 33.0 Å². The molecule has 0 radical (unpaired) electrons. The van der Waals surface area contributed by atoms with E-state index in [0.29, 0.717) is 11.0 Å². The van der Waals surface area contributed by atoms with Crippen molar-refractivity contribution in [1.29, 1.82) is 0 Å². The summed E-state index contributed by atoms with van der Waals surface area (Å²) in [7, 11) is 1.63. The standard InChI is InChI=1S/C24H23N5O2S2/c1-16-4-8-19(9-5-16)29-23(18-6-10-20(31-3)11-7-18)27-28-24(29)33-15-22(30)26-25-14-21-17(2)12-13-32-21/h4-14H,15H2,1-3H3,(H,26,30). The first-order chi connectivity index (χ1) is 16.0. The summed E-state index contributed by atoms with van der Waals surface area (Å²) in [5.74, 6) is 1.41. The maximum absolute atomic E-state index is 12.4. The quantitative estimate of drug-likeness (QED) is 0.223. The lowest BCUT2D eigenvalue weighted by Crippen LogP contribution is -2.20. The zero-order valence-electron chi connectivity index (χ0n) is 18.5. The molecule has 2 heterocycles. The minimum Gasteiger partial charge on any atom is -0.497 e. The number of amides is 1. The highest BCUT2D eigenvalue weighted by Gasteiger charge is 2.17. The van der Waals surface area contributed by atoms with Gasteiger partial charge in [-0.2, -0.15) is 5.10 Å². The van der Waals surface area contributed by atoms with E-state index >= 15 is 0 Å². The molecule has 4 rings (SSSR count). The number of thioether (sulfide) groups is 1. The fourth-order valence-electron chi connectivity index (χ4n) is 3.06. The molecule has 0 saturated heterocycles. The van der Waals surface area contributed by atoms with Crippen LogP contribution in [-0.4, -0.2) is 39.7 Å². The number of thiophene rings is 1. The Morgan fingerprint density at radius 1 is 1.12 bits per heavy atom. The molecular formula is C24H23N5O2S2. The summed E-state index contributed by atoms with van der Waals surface area (Å²) in [6.07, 6.45) is 1.67. The Bertz CT molecular complexity index is 1260. The Labute approximate surface area is 200 Å². The average molecular weight is 478 g/mol. The molecular weight excluding hydrogens is 454 g/mol. The third-order valence-corrected chi connectivity index (χ3v) is 6.76. The first-order valence-electron chi connectivity index (χ1n) is 10.2. The molecule has 0 spiro atoms. The number of aryl methyl sites for hydroxylation is 2. The normalized spacial score (nSPS) is 11.1. The predicted molar refractivity (Wildman–Crippen MR) is 134 cm³/mol. The number of hydrogen-bond donors (Lipinski definition) is 1. The van der Waals surface area contributed by atoms with Crippen molar-refractivity contribution in [1.82, 2.24) is 20.2 Å². The van der Waals surface area contributed by atoms with Gasteiger partial charge in [-0.3, -0.25) is 9.36 Å². The molecule has 33 heavy (non-hydrogen) atoms. The predicted octanol–water partition coefficient (Wildman–Crippen LogP) is 4.86. The number of benzene rings is 2. The molecule has 1 amide bonds. The number of carbonyl (C=O) groups excluding carboxylic acids is 1. The SMILES string of the molecule is COc1ccc(-c2nnc(SCC(=O)NN=Cc3sccc3C)n2-c2ccc(C)cc2)cc1. The largest absolute Gasteiger partial charge is 0.497 e. The summed E-state index contributed by atoms with van der Waals surface area (Å²) in [5.41, 5.74) is 6.69. The fourth-order valence-corrected chi connectivity index (χ4v) is 4.59. The van der Waals surface area contributed by atoms with Crippen LogP contribution < -0.4 is 10.2 Å². The summed E-state index contributed by atoms with van der Waals surface area (Å²) in [6, 6.07) is 17.8. The summed E-state index contributed by atoms with van der Waals surface area (Å²) in [5, 5.41) is 15.5. The number of nitrogens with zero attached hydrogens (tertiary/aromatic N) is 4. The van der Waals surface area contributed by atoms with Crippen LogP contribution in [0, 0.1) is 13.8 Å². The van der Waals surface area contributed by atoms with Gasteiger partial charge in [0.1, 0.15) is 5.75 Å². The number of nitrogens with one attached hydrogen (secondary N) is 1. The second kappa shape index (κ2) is 10.5. The van der Waals surface area contributed by atoms with Crippen molar-refractivity contribution in [2.24, 2.45) is 5.10 Å². The smallest absolute Gasteiger partial charge is 0.250 e. The summed E-state index contributed by atoms with van der Waals surface area (Å²) in [4.78, 5) is 13.4. The van der Waals surface area contributed by atoms with Crippen LogP contribution in [0.3, 0.4) is 0 Å². The maximum atomic E-state index is 12.4. The van der Waals surface area contributed by atoms with Crippen LogP contribution in [0.15, 0.2) is 70.2 Å². The Kier molecular flexibility index (Phi) is 7.21. The van der Waals surface area contributed by atoms with Crippen molar-refractivity contribution in [2.45, 2.75) is 19.0 Å². The third-order valence-electron chi connectivity index (χ3n) is 4.88. The van der Waals surface area contributed by atoms with E-state index in [4.69, 9.17) is 4.74 Å². The first-order valence-corrected chi connectivity index (χ1v) is 12.1. The van der Waals surface area contributed by atoms with Gasteiger partial charge in [-0.1, -0.05) is 29.5 Å². The second-order valence-corrected chi connectivity index (χ2v) is 9.15. The van der Waals surface area contributed by atoms with E-state index in [1.165, 1.54) is 11.8 Å².